The Balaban J connectivity index is 1.56. The lowest BCUT2D eigenvalue weighted by atomic mass is 10.2. The van der Waals surface area contributed by atoms with Crippen LogP contribution in [-0.2, 0) is 0 Å². The number of nitrogens with one attached hydrogen (secondary N) is 3. The largest absolute Gasteiger partial charge is 0.417 e. The number of fused-ring (bicyclic) bond motifs is 1. The molecule has 0 unspecified atom stereocenters. The van der Waals surface area contributed by atoms with E-state index in [9.17, 15) is 4.79 Å². The first kappa shape index (κ1) is 17.5. The predicted molar refractivity (Wildman–Crippen MR) is 109 cm³/mol. The molecule has 4 aromatic rings. The number of hydrogen-bond acceptors (Lipinski definition) is 8. The molecule has 0 saturated heterocycles. The van der Waals surface area contributed by atoms with Crippen LogP contribution in [0.15, 0.2) is 51.9 Å². The van der Waals surface area contributed by atoms with Gasteiger partial charge in [-0.05, 0) is 37.3 Å². The van der Waals surface area contributed by atoms with Gasteiger partial charge in [-0.2, -0.15) is 4.98 Å². The first-order chi connectivity index (χ1) is 13.5. The second kappa shape index (κ2) is 7.03. The Morgan fingerprint density at radius 2 is 1.86 bits per heavy atom. The van der Waals surface area contributed by atoms with Crippen molar-refractivity contribution in [3.8, 4) is 0 Å². The summed E-state index contributed by atoms with van der Waals surface area (Å²) in [6, 6.07) is 9.16. The first-order valence-corrected chi connectivity index (χ1v) is 8.62. The van der Waals surface area contributed by atoms with E-state index >= 15 is 0 Å². The minimum absolute atomic E-state index is 0.449. The molecule has 0 amide bonds. The van der Waals surface area contributed by atoms with Gasteiger partial charge in [0.25, 0.3) is 0 Å². The van der Waals surface area contributed by atoms with Gasteiger partial charge in [0.1, 0.15) is 11.6 Å². The van der Waals surface area contributed by atoms with Crippen LogP contribution in [0.1, 0.15) is 5.56 Å². The number of oxazole rings is 1. The van der Waals surface area contributed by atoms with Crippen LogP contribution in [0.2, 0.25) is 0 Å². The minimum atomic E-state index is -0.481. The number of aromatic nitrogens is 4. The van der Waals surface area contributed by atoms with Gasteiger partial charge in [0.2, 0.25) is 5.95 Å². The summed E-state index contributed by atoms with van der Waals surface area (Å²) < 4.78 is 5.02. The molecule has 0 aliphatic heterocycles. The van der Waals surface area contributed by atoms with Crippen molar-refractivity contribution in [1.29, 1.82) is 0 Å². The van der Waals surface area contributed by atoms with Crippen LogP contribution in [0.25, 0.3) is 11.1 Å². The number of rotatable bonds is 5. The molecule has 3 N–H and O–H groups in total. The standard InChI is InChI=1S/C19H19N7O2/c1-11-9-21-18(23-13-5-7-16(20-10-13)26(2)3)25-17(11)22-12-4-6-15-14(8-12)24-19(27)28-15/h4-10H,1-3H3,(H,24,27)(H2,21,22,23,25). The van der Waals surface area contributed by atoms with Crippen molar-refractivity contribution in [2.45, 2.75) is 6.92 Å². The number of aromatic amines is 1. The summed E-state index contributed by atoms with van der Waals surface area (Å²) in [5.41, 5.74) is 3.57. The number of pyridine rings is 1. The van der Waals surface area contributed by atoms with Gasteiger partial charge in [-0.15, -0.1) is 0 Å². The van der Waals surface area contributed by atoms with Gasteiger partial charge < -0.3 is 20.0 Å². The van der Waals surface area contributed by atoms with Gasteiger partial charge >= 0.3 is 5.76 Å². The number of hydrogen-bond donors (Lipinski definition) is 3. The molecule has 0 spiro atoms. The molecule has 0 fully saturated rings. The van der Waals surface area contributed by atoms with Gasteiger partial charge in [-0.1, -0.05) is 0 Å². The minimum Gasteiger partial charge on any atom is -0.408 e. The van der Waals surface area contributed by atoms with Crippen molar-refractivity contribution in [3.63, 3.8) is 0 Å². The van der Waals surface area contributed by atoms with Crippen molar-refractivity contribution in [2.24, 2.45) is 0 Å². The zero-order valence-electron chi connectivity index (χ0n) is 15.6. The number of nitrogens with zero attached hydrogens (tertiary/aromatic N) is 4. The highest BCUT2D eigenvalue weighted by Gasteiger charge is 2.08. The van der Waals surface area contributed by atoms with Crippen LogP contribution in [-0.4, -0.2) is 34.0 Å². The molecule has 9 nitrogen and oxygen atoms in total. The second-order valence-corrected chi connectivity index (χ2v) is 6.50. The van der Waals surface area contributed by atoms with E-state index < -0.39 is 5.76 Å². The zero-order valence-corrected chi connectivity index (χ0v) is 15.6. The molecule has 0 radical (unpaired) electrons. The topological polar surface area (TPSA) is 112 Å². The highest BCUT2D eigenvalue weighted by molar-refractivity contribution is 5.78. The zero-order chi connectivity index (χ0) is 19.7. The third-order valence-electron chi connectivity index (χ3n) is 4.12. The molecule has 0 bridgehead atoms. The lowest BCUT2D eigenvalue weighted by molar-refractivity contribution is 0.555. The van der Waals surface area contributed by atoms with E-state index in [2.05, 4.69) is 30.6 Å². The van der Waals surface area contributed by atoms with Crippen LogP contribution in [0.3, 0.4) is 0 Å². The summed E-state index contributed by atoms with van der Waals surface area (Å²) in [5.74, 6) is 1.49. The highest BCUT2D eigenvalue weighted by atomic mass is 16.4. The summed E-state index contributed by atoms with van der Waals surface area (Å²) in [5, 5.41) is 6.40. The highest BCUT2D eigenvalue weighted by Crippen LogP contribution is 2.23. The SMILES string of the molecule is Cc1cnc(Nc2ccc(N(C)C)nc2)nc1Nc1ccc2oc(=O)[nH]c2c1. The van der Waals surface area contributed by atoms with Gasteiger partial charge in [0.05, 0.1) is 17.4 Å². The maximum atomic E-state index is 11.3. The Hall–Kier alpha value is -3.88. The fourth-order valence-corrected chi connectivity index (χ4v) is 2.65. The molecule has 1 aromatic carbocycles. The van der Waals surface area contributed by atoms with Crippen LogP contribution in [0.5, 0.6) is 0 Å². The van der Waals surface area contributed by atoms with E-state index in [0.717, 1.165) is 22.8 Å². The molecule has 0 saturated carbocycles. The Bertz CT molecular complexity index is 1180. The van der Waals surface area contributed by atoms with E-state index in [-0.39, 0.29) is 0 Å². The molecular formula is C19H19N7O2. The second-order valence-electron chi connectivity index (χ2n) is 6.50. The fourth-order valence-electron chi connectivity index (χ4n) is 2.65. The predicted octanol–water partition coefficient (Wildman–Crippen LogP) is 3.17. The average molecular weight is 377 g/mol. The number of H-pyrrole nitrogens is 1. The number of anilines is 5. The summed E-state index contributed by atoms with van der Waals surface area (Å²) in [4.78, 5) is 29.1. The molecule has 0 aliphatic carbocycles. The molecule has 3 aromatic heterocycles. The summed E-state index contributed by atoms with van der Waals surface area (Å²) >= 11 is 0. The van der Waals surface area contributed by atoms with E-state index in [1.54, 1.807) is 24.5 Å². The molecule has 0 atom stereocenters. The maximum Gasteiger partial charge on any atom is 0.417 e. The lowest BCUT2D eigenvalue weighted by Gasteiger charge is -2.13. The third-order valence-corrected chi connectivity index (χ3v) is 4.12. The van der Waals surface area contributed by atoms with Gasteiger partial charge in [0, 0.05) is 31.5 Å². The molecule has 9 heteroatoms. The maximum absolute atomic E-state index is 11.3. The van der Waals surface area contributed by atoms with Crippen LogP contribution in [0.4, 0.5) is 29.0 Å². The Morgan fingerprint density at radius 1 is 1.04 bits per heavy atom. The molecule has 4 rings (SSSR count). The van der Waals surface area contributed by atoms with Crippen LogP contribution in [0, 0.1) is 6.92 Å². The lowest BCUT2D eigenvalue weighted by Crippen LogP contribution is -2.10. The molecule has 0 aliphatic rings. The third kappa shape index (κ3) is 3.63. The van der Waals surface area contributed by atoms with Gasteiger partial charge in [-0.25, -0.2) is 14.8 Å². The van der Waals surface area contributed by atoms with Gasteiger partial charge in [0.15, 0.2) is 5.58 Å². The van der Waals surface area contributed by atoms with Crippen LogP contribution < -0.4 is 21.3 Å². The van der Waals surface area contributed by atoms with Crippen molar-refractivity contribution in [2.75, 3.05) is 29.6 Å². The van der Waals surface area contributed by atoms with E-state index in [1.165, 1.54) is 0 Å². The van der Waals surface area contributed by atoms with E-state index in [0.29, 0.717) is 22.9 Å². The summed E-state index contributed by atoms with van der Waals surface area (Å²) in [6.07, 6.45) is 3.46. The first-order valence-electron chi connectivity index (χ1n) is 8.62. The van der Waals surface area contributed by atoms with E-state index in [4.69, 9.17) is 4.42 Å². The van der Waals surface area contributed by atoms with Crippen molar-refractivity contribution < 1.29 is 4.42 Å². The van der Waals surface area contributed by atoms with Crippen molar-refractivity contribution in [3.05, 3.63) is 58.8 Å². The molecule has 142 valence electrons. The number of benzene rings is 1. The normalized spacial score (nSPS) is 10.8. The smallest absolute Gasteiger partial charge is 0.408 e. The quantitative estimate of drug-likeness (QED) is 0.486. The Labute approximate surface area is 160 Å². The van der Waals surface area contributed by atoms with Crippen LogP contribution >= 0.6 is 0 Å². The van der Waals surface area contributed by atoms with Gasteiger partial charge in [-0.3, -0.25) is 4.98 Å². The summed E-state index contributed by atoms with van der Waals surface area (Å²) in [6.45, 7) is 1.91. The average Bonchev–Trinajstić information content (AvgIpc) is 3.04. The van der Waals surface area contributed by atoms with Crippen molar-refractivity contribution >= 4 is 40.1 Å². The molecular weight excluding hydrogens is 358 g/mol. The number of aryl methyl sites for hydroxylation is 1. The molecule has 3 heterocycles. The van der Waals surface area contributed by atoms with Crippen molar-refractivity contribution in [1.82, 2.24) is 19.9 Å². The van der Waals surface area contributed by atoms with E-state index in [1.807, 2.05) is 44.1 Å². The summed E-state index contributed by atoms with van der Waals surface area (Å²) in [7, 11) is 3.87. The molecule has 28 heavy (non-hydrogen) atoms. The Kier molecular flexibility index (Phi) is 4.40. The monoisotopic (exact) mass is 377 g/mol. The Morgan fingerprint density at radius 3 is 2.61 bits per heavy atom. The fraction of sp³-hybridized carbons (Fsp3) is 0.158.